The first-order chi connectivity index (χ1) is 28.5. The second-order valence-corrected chi connectivity index (χ2v) is 15.4. The van der Waals surface area contributed by atoms with Gasteiger partial charge in [0.05, 0.1) is 24.5 Å². The third-order valence-electron chi connectivity index (χ3n) is 10.5. The zero-order valence-electron chi connectivity index (χ0n) is 33.0. The van der Waals surface area contributed by atoms with E-state index in [-0.39, 0.29) is 66.2 Å². The van der Waals surface area contributed by atoms with E-state index in [1.54, 1.807) is 32.1 Å². The molecule has 4 N–H and O–H groups in total. The van der Waals surface area contributed by atoms with E-state index in [0.717, 1.165) is 36.1 Å². The zero-order valence-corrected chi connectivity index (χ0v) is 33.9. The molecule has 2 heterocycles. The Labute approximate surface area is 345 Å². The first-order valence-corrected chi connectivity index (χ1v) is 20.0. The lowest BCUT2D eigenvalue weighted by atomic mass is 9.88. The van der Waals surface area contributed by atoms with Gasteiger partial charge in [-0.05, 0) is 92.2 Å². The Bertz CT molecular complexity index is 2200. The number of aldehydes is 1. The molecule has 0 radical (unpaired) electrons. The molecule has 1 atom stereocenters. The summed E-state index contributed by atoms with van der Waals surface area (Å²) in [6.45, 7) is 1.31. The second kappa shape index (κ2) is 19.6. The summed E-state index contributed by atoms with van der Waals surface area (Å²) in [4.78, 5) is 79.1. The molecule has 0 aromatic heterocycles. The van der Waals surface area contributed by atoms with Crippen LogP contribution >= 0.6 is 12.1 Å². The smallest absolute Gasteiger partial charge is 0.269 e. The van der Waals surface area contributed by atoms with Gasteiger partial charge in [0.15, 0.2) is 5.82 Å². The number of ether oxygens (including phenoxy) is 1. The van der Waals surface area contributed by atoms with E-state index in [1.807, 2.05) is 53.4 Å². The summed E-state index contributed by atoms with van der Waals surface area (Å²) in [5.74, 6) is -1.94. The van der Waals surface area contributed by atoms with Gasteiger partial charge < -0.3 is 19.3 Å². The van der Waals surface area contributed by atoms with Gasteiger partial charge in [0.25, 0.3) is 11.8 Å². The van der Waals surface area contributed by atoms with Gasteiger partial charge in [0, 0.05) is 43.6 Å². The minimum atomic E-state index is -0.623. The molecule has 0 spiro atoms. The highest BCUT2D eigenvalue weighted by Gasteiger charge is 2.32. The highest BCUT2D eigenvalue weighted by molar-refractivity contribution is 7.98. The minimum absolute atomic E-state index is 0.0531. The van der Waals surface area contributed by atoms with Crippen molar-refractivity contribution in [2.75, 3.05) is 61.4 Å². The molecular formula is C42H47FN8O7S. The molecular weight excluding hydrogens is 780 g/mol. The van der Waals surface area contributed by atoms with Gasteiger partial charge in [-0.1, -0.05) is 42.5 Å². The number of amides is 5. The number of nitrogens with one attached hydrogen (secondary N) is 4. The standard InChI is InChI=1S/C42H47FN8O7S/c1-44-59-51(19-20-52)40-36(58-25-27-7-5-4-6-8-27)23-31-21-30(9-11-32(31)39(40)43)41(56)47-46-38(55)24-50-17-15-28(16-18-50)29-10-12-33(35(22-29)48(2)26-53)49(3)34-13-14-37(54)45-42(34)57/h4-12,20-23,26,28,34,44H,13-19,24-25H2,1-3H3,(H,46,55)(H,47,56)(H,45,54,57). The van der Waals surface area contributed by atoms with Crippen molar-refractivity contribution >= 4 is 76.3 Å². The topological polar surface area (TPSA) is 173 Å². The summed E-state index contributed by atoms with van der Waals surface area (Å²) >= 11 is 1.04. The van der Waals surface area contributed by atoms with Gasteiger partial charge in [-0.15, -0.1) is 0 Å². The maximum Gasteiger partial charge on any atom is 0.269 e. The van der Waals surface area contributed by atoms with Gasteiger partial charge in [0.1, 0.15) is 30.4 Å². The number of hydrazine groups is 1. The lowest BCUT2D eigenvalue weighted by Gasteiger charge is -2.35. The molecule has 2 fully saturated rings. The predicted octanol–water partition coefficient (Wildman–Crippen LogP) is 3.82. The van der Waals surface area contributed by atoms with E-state index >= 15 is 4.39 Å². The Hall–Kier alpha value is -6.04. The third-order valence-corrected chi connectivity index (χ3v) is 11.3. The number of likely N-dealkylation sites (N-methyl/N-ethyl adjacent to an activating group) is 1. The van der Waals surface area contributed by atoms with E-state index in [9.17, 15) is 28.8 Å². The van der Waals surface area contributed by atoms with Crippen LogP contribution in [0.1, 0.15) is 53.1 Å². The summed E-state index contributed by atoms with van der Waals surface area (Å²) in [7, 11) is 5.08. The molecule has 1 unspecified atom stereocenters. The molecule has 15 nitrogen and oxygen atoms in total. The summed E-state index contributed by atoms with van der Waals surface area (Å²) in [6, 6.07) is 20.7. The number of rotatable bonds is 16. The van der Waals surface area contributed by atoms with Crippen molar-refractivity contribution in [2.45, 2.75) is 44.2 Å². The van der Waals surface area contributed by atoms with Gasteiger partial charge >= 0.3 is 0 Å². The molecule has 59 heavy (non-hydrogen) atoms. The molecule has 2 saturated heterocycles. The largest absolute Gasteiger partial charge is 0.487 e. The monoisotopic (exact) mass is 826 g/mol. The van der Waals surface area contributed by atoms with Crippen LogP contribution in [0.5, 0.6) is 5.75 Å². The van der Waals surface area contributed by atoms with Crippen LogP contribution in [0.3, 0.4) is 0 Å². The summed E-state index contributed by atoms with van der Waals surface area (Å²) in [5.41, 5.74) is 8.44. The van der Waals surface area contributed by atoms with Crippen molar-refractivity contribution in [2.24, 2.45) is 0 Å². The molecule has 2 aliphatic rings. The average molecular weight is 827 g/mol. The van der Waals surface area contributed by atoms with Crippen LogP contribution in [0, 0.1) is 5.82 Å². The quantitative estimate of drug-likeness (QED) is 0.0558. The summed E-state index contributed by atoms with van der Waals surface area (Å²) in [5, 5.41) is 2.99. The first kappa shape index (κ1) is 42.6. The fourth-order valence-electron chi connectivity index (χ4n) is 7.42. The van der Waals surface area contributed by atoms with Crippen LogP contribution in [0.15, 0.2) is 72.8 Å². The number of imide groups is 1. The Balaban J connectivity index is 1.07. The van der Waals surface area contributed by atoms with Gasteiger partial charge in [-0.3, -0.25) is 49.3 Å². The average Bonchev–Trinajstić information content (AvgIpc) is 3.24. The Morgan fingerprint density at radius 2 is 1.73 bits per heavy atom. The SMILES string of the molecule is CNSN(CC=O)c1c(OCc2ccccc2)cc2cc(C(=O)NNC(=O)CN3CCC(c4ccc(N(C)C5CCC(=O)NC5=O)c(N(C)C=O)c4)CC3)ccc2c1F. The molecule has 0 saturated carbocycles. The summed E-state index contributed by atoms with van der Waals surface area (Å²) < 4.78 is 26.6. The highest BCUT2D eigenvalue weighted by Crippen LogP contribution is 2.40. The van der Waals surface area contributed by atoms with E-state index in [1.165, 1.54) is 27.4 Å². The number of carbonyl (C=O) groups excluding carboxylic acids is 6. The van der Waals surface area contributed by atoms with Crippen LogP contribution < -0.4 is 39.7 Å². The normalized spacial score (nSPS) is 15.9. The molecule has 2 aliphatic heterocycles. The van der Waals surface area contributed by atoms with Gasteiger partial charge in [0.2, 0.25) is 18.2 Å². The number of anilines is 3. The van der Waals surface area contributed by atoms with Crippen LogP contribution in [-0.4, -0.2) is 94.6 Å². The van der Waals surface area contributed by atoms with Crippen molar-refractivity contribution in [1.82, 2.24) is 25.8 Å². The van der Waals surface area contributed by atoms with Crippen LogP contribution in [-0.2, 0) is 30.6 Å². The number of fused-ring (bicyclic) bond motifs is 1. The maximum atomic E-state index is 16.2. The lowest BCUT2D eigenvalue weighted by Crippen LogP contribution is -2.51. The Kier molecular flexibility index (Phi) is 14.1. The van der Waals surface area contributed by atoms with Crippen LogP contribution in [0.25, 0.3) is 10.8 Å². The number of nitrogens with zero attached hydrogens (tertiary/aromatic N) is 4. The first-order valence-electron chi connectivity index (χ1n) is 19.2. The van der Waals surface area contributed by atoms with Crippen molar-refractivity contribution in [1.29, 1.82) is 0 Å². The molecule has 310 valence electrons. The molecule has 0 aliphatic carbocycles. The zero-order chi connectivity index (χ0) is 42.1. The number of piperidine rings is 2. The Morgan fingerprint density at radius 1 is 0.966 bits per heavy atom. The summed E-state index contributed by atoms with van der Waals surface area (Å²) in [6.07, 6.45) is 3.49. The fraction of sp³-hybridized carbons (Fsp3) is 0.333. The maximum absolute atomic E-state index is 16.2. The molecule has 4 aromatic rings. The number of likely N-dealkylation sites (tertiary alicyclic amines) is 1. The Morgan fingerprint density at radius 3 is 2.42 bits per heavy atom. The molecule has 6 rings (SSSR count). The molecule has 17 heteroatoms. The van der Waals surface area contributed by atoms with E-state index < -0.39 is 23.7 Å². The van der Waals surface area contributed by atoms with Crippen molar-refractivity contribution in [3.05, 3.63) is 95.3 Å². The van der Waals surface area contributed by atoms with Crippen molar-refractivity contribution in [3.8, 4) is 5.75 Å². The predicted molar refractivity (Wildman–Crippen MR) is 224 cm³/mol. The minimum Gasteiger partial charge on any atom is -0.487 e. The third kappa shape index (κ3) is 10.2. The highest BCUT2D eigenvalue weighted by atomic mass is 32.2. The molecule has 4 aromatic carbocycles. The van der Waals surface area contributed by atoms with Crippen LogP contribution in [0.4, 0.5) is 21.5 Å². The number of halogens is 1. The van der Waals surface area contributed by atoms with E-state index in [0.29, 0.717) is 49.0 Å². The van der Waals surface area contributed by atoms with E-state index in [4.69, 9.17) is 4.74 Å². The number of benzene rings is 4. The second-order valence-electron chi connectivity index (χ2n) is 14.4. The number of hydrogen-bond donors (Lipinski definition) is 4. The fourth-order valence-corrected chi connectivity index (χ4v) is 8.03. The molecule has 5 amide bonds. The van der Waals surface area contributed by atoms with Gasteiger partial charge in [-0.25, -0.2) is 9.11 Å². The number of hydrogen-bond acceptors (Lipinski definition) is 12. The van der Waals surface area contributed by atoms with Crippen molar-refractivity contribution < 1.29 is 37.9 Å². The van der Waals surface area contributed by atoms with Gasteiger partial charge in [-0.2, -0.15) is 0 Å². The molecule has 0 bridgehead atoms. The van der Waals surface area contributed by atoms with Crippen LogP contribution in [0.2, 0.25) is 0 Å². The van der Waals surface area contributed by atoms with Crippen molar-refractivity contribution in [3.63, 3.8) is 0 Å². The number of carbonyl (C=O) groups is 6. The van der Waals surface area contributed by atoms with E-state index in [2.05, 4.69) is 20.9 Å². The lowest BCUT2D eigenvalue weighted by molar-refractivity contribution is -0.134.